The molecule has 4 rings (SSSR count). The molecule has 0 fully saturated rings. The number of nitrogens with one attached hydrogen (secondary N) is 1. The van der Waals surface area contributed by atoms with E-state index in [1.54, 1.807) is 18.2 Å². The van der Waals surface area contributed by atoms with Gasteiger partial charge in [-0.05, 0) is 40.5 Å². The van der Waals surface area contributed by atoms with Crippen molar-refractivity contribution in [2.24, 2.45) is 0 Å². The maximum atomic E-state index is 12.5. The first kappa shape index (κ1) is 17.1. The Kier molecular flexibility index (Phi) is 4.27. The van der Waals surface area contributed by atoms with Gasteiger partial charge >= 0.3 is 0 Å². The maximum absolute atomic E-state index is 12.5. The fourth-order valence-corrected chi connectivity index (χ4v) is 3.07. The summed E-state index contributed by atoms with van der Waals surface area (Å²) in [6.07, 6.45) is 0.300. The third-order valence-corrected chi connectivity index (χ3v) is 4.63. The van der Waals surface area contributed by atoms with E-state index in [1.165, 1.54) is 10.4 Å². The summed E-state index contributed by atoms with van der Waals surface area (Å²) in [7, 11) is 0. The molecule has 136 valence electrons. The zero-order valence-electron chi connectivity index (χ0n) is 15.1. The normalized spacial score (nSPS) is 12.9. The number of aromatic nitrogens is 4. The number of amides is 1. The summed E-state index contributed by atoms with van der Waals surface area (Å²) in [5, 5.41) is 15.1. The molecule has 0 atom stereocenters. The SMILES string of the molecule is CC(C)c1ccc(-c2nnn(CC(=O)c3ccc4c(c3)CC(=O)N4)n2)cc1. The Morgan fingerprint density at radius 1 is 1.19 bits per heavy atom. The lowest BCUT2D eigenvalue weighted by Crippen LogP contribution is -2.13. The van der Waals surface area contributed by atoms with Crippen molar-refractivity contribution < 1.29 is 9.59 Å². The number of hydrogen-bond donors (Lipinski definition) is 1. The molecule has 1 aromatic heterocycles. The van der Waals surface area contributed by atoms with Gasteiger partial charge in [-0.1, -0.05) is 38.1 Å². The number of carbonyl (C=O) groups excluding carboxylic acids is 2. The van der Waals surface area contributed by atoms with Gasteiger partial charge in [-0.15, -0.1) is 10.2 Å². The maximum Gasteiger partial charge on any atom is 0.228 e. The second-order valence-corrected chi connectivity index (χ2v) is 6.94. The summed E-state index contributed by atoms with van der Waals surface area (Å²) < 4.78 is 0. The highest BCUT2D eigenvalue weighted by molar-refractivity contribution is 6.02. The number of fused-ring (bicyclic) bond motifs is 1. The Morgan fingerprint density at radius 2 is 1.96 bits per heavy atom. The lowest BCUT2D eigenvalue weighted by atomic mass is 10.0. The molecule has 0 saturated heterocycles. The van der Waals surface area contributed by atoms with Gasteiger partial charge in [0.05, 0.1) is 6.42 Å². The minimum Gasteiger partial charge on any atom is -0.326 e. The molecule has 7 nitrogen and oxygen atoms in total. The molecule has 1 amide bonds. The Hall–Kier alpha value is -3.35. The molecule has 0 bridgehead atoms. The molecule has 2 heterocycles. The summed E-state index contributed by atoms with van der Waals surface area (Å²) in [6.45, 7) is 4.28. The minimum absolute atomic E-state index is 0.00274. The van der Waals surface area contributed by atoms with Crippen LogP contribution in [0.4, 0.5) is 5.69 Å². The number of ketones is 1. The number of nitrogens with zero attached hydrogens (tertiary/aromatic N) is 4. The first-order valence-electron chi connectivity index (χ1n) is 8.84. The predicted molar refractivity (Wildman–Crippen MR) is 100 cm³/mol. The van der Waals surface area contributed by atoms with E-state index in [9.17, 15) is 9.59 Å². The van der Waals surface area contributed by atoms with Crippen LogP contribution in [0.3, 0.4) is 0 Å². The van der Waals surface area contributed by atoms with Crippen molar-refractivity contribution in [1.82, 2.24) is 20.2 Å². The first-order valence-corrected chi connectivity index (χ1v) is 8.84. The molecular formula is C20H19N5O2. The smallest absolute Gasteiger partial charge is 0.228 e. The summed E-state index contributed by atoms with van der Waals surface area (Å²) in [4.78, 5) is 25.3. The van der Waals surface area contributed by atoms with Crippen molar-refractivity contribution in [2.75, 3.05) is 5.32 Å². The molecule has 2 aromatic carbocycles. The lowest BCUT2D eigenvalue weighted by Gasteiger charge is -2.04. The third kappa shape index (κ3) is 3.48. The van der Waals surface area contributed by atoms with E-state index >= 15 is 0 Å². The molecule has 3 aromatic rings. The molecule has 0 aliphatic carbocycles. The lowest BCUT2D eigenvalue weighted by molar-refractivity contribution is -0.115. The van der Waals surface area contributed by atoms with Crippen LogP contribution in [-0.4, -0.2) is 31.9 Å². The van der Waals surface area contributed by atoms with Gasteiger partial charge in [-0.3, -0.25) is 9.59 Å². The number of carbonyl (C=O) groups is 2. The number of rotatable bonds is 5. The molecule has 27 heavy (non-hydrogen) atoms. The fourth-order valence-electron chi connectivity index (χ4n) is 3.07. The van der Waals surface area contributed by atoms with Crippen molar-refractivity contribution in [2.45, 2.75) is 32.7 Å². The molecule has 1 N–H and O–H groups in total. The van der Waals surface area contributed by atoms with Gasteiger partial charge in [0.15, 0.2) is 5.78 Å². The predicted octanol–water partition coefficient (Wildman–Crippen LogP) is 2.84. The van der Waals surface area contributed by atoms with E-state index in [1.807, 2.05) is 24.3 Å². The second kappa shape index (κ2) is 6.75. The number of hydrogen-bond acceptors (Lipinski definition) is 5. The van der Waals surface area contributed by atoms with Crippen LogP contribution in [0.1, 0.15) is 41.3 Å². The second-order valence-electron chi connectivity index (χ2n) is 6.94. The molecule has 0 saturated carbocycles. The number of Topliss-reactive ketones (excluding diaryl/α,β-unsaturated/α-hetero) is 1. The van der Waals surface area contributed by atoms with Crippen LogP contribution in [-0.2, 0) is 17.8 Å². The highest BCUT2D eigenvalue weighted by Crippen LogP contribution is 2.24. The average molecular weight is 361 g/mol. The van der Waals surface area contributed by atoms with Crippen LogP contribution >= 0.6 is 0 Å². The highest BCUT2D eigenvalue weighted by Gasteiger charge is 2.19. The van der Waals surface area contributed by atoms with Crippen LogP contribution < -0.4 is 5.32 Å². The van der Waals surface area contributed by atoms with Gasteiger partial charge in [0.1, 0.15) is 6.54 Å². The zero-order chi connectivity index (χ0) is 19.0. The van der Waals surface area contributed by atoms with Crippen molar-refractivity contribution in [1.29, 1.82) is 0 Å². The van der Waals surface area contributed by atoms with Crippen molar-refractivity contribution in [3.8, 4) is 11.4 Å². The molecule has 1 aliphatic rings. The van der Waals surface area contributed by atoms with Crippen LogP contribution in [0, 0.1) is 0 Å². The van der Waals surface area contributed by atoms with Crippen LogP contribution in [0.2, 0.25) is 0 Å². The molecule has 0 spiro atoms. The number of tetrazole rings is 1. The van der Waals surface area contributed by atoms with E-state index in [0.717, 1.165) is 16.8 Å². The fraction of sp³-hybridized carbons (Fsp3) is 0.250. The minimum atomic E-state index is -0.128. The average Bonchev–Trinajstić information content (AvgIpc) is 3.26. The van der Waals surface area contributed by atoms with Gasteiger partial charge < -0.3 is 5.32 Å². The standard InChI is InChI=1S/C20H19N5O2/c1-12(2)13-3-5-14(6-4-13)20-22-24-25(23-20)11-18(26)15-7-8-17-16(9-15)10-19(27)21-17/h3-9,12H,10-11H2,1-2H3,(H,21,27). The summed E-state index contributed by atoms with van der Waals surface area (Å²) in [5.74, 6) is 0.761. The topological polar surface area (TPSA) is 89.8 Å². The van der Waals surface area contributed by atoms with Crippen molar-refractivity contribution in [3.63, 3.8) is 0 Å². The Balaban J connectivity index is 1.48. The van der Waals surface area contributed by atoms with Crippen LogP contribution in [0.25, 0.3) is 11.4 Å². The summed E-state index contributed by atoms with van der Waals surface area (Å²) >= 11 is 0. The van der Waals surface area contributed by atoms with Crippen molar-refractivity contribution >= 4 is 17.4 Å². The molecule has 0 unspecified atom stereocenters. The van der Waals surface area contributed by atoms with E-state index in [4.69, 9.17) is 0 Å². The summed E-state index contributed by atoms with van der Waals surface area (Å²) in [5.41, 5.74) is 4.24. The monoisotopic (exact) mass is 361 g/mol. The highest BCUT2D eigenvalue weighted by atomic mass is 16.2. The van der Waals surface area contributed by atoms with Crippen LogP contribution in [0.5, 0.6) is 0 Å². The van der Waals surface area contributed by atoms with Gasteiger partial charge in [-0.25, -0.2) is 0 Å². The number of benzene rings is 2. The quantitative estimate of drug-likeness (QED) is 0.706. The van der Waals surface area contributed by atoms with Crippen molar-refractivity contribution in [3.05, 3.63) is 59.2 Å². The zero-order valence-corrected chi connectivity index (χ0v) is 15.1. The summed E-state index contributed by atoms with van der Waals surface area (Å²) in [6, 6.07) is 13.2. The Bertz CT molecular complexity index is 1020. The Morgan fingerprint density at radius 3 is 2.70 bits per heavy atom. The first-order chi connectivity index (χ1) is 13.0. The molecule has 0 radical (unpaired) electrons. The van der Waals surface area contributed by atoms with Gasteiger partial charge in [0.2, 0.25) is 11.7 Å². The van der Waals surface area contributed by atoms with Gasteiger partial charge in [0, 0.05) is 16.8 Å². The molecule has 1 aliphatic heterocycles. The van der Waals surface area contributed by atoms with Gasteiger partial charge in [0.25, 0.3) is 0 Å². The van der Waals surface area contributed by atoms with E-state index in [-0.39, 0.29) is 18.2 Å². The van der Waals surface area contributed by atoms with E-state index in [0.29, 0.717) is 23.7 Å². The van der Waals surface area contributed by atoms with E-state index < -0.39 is 0 Å². The third-order valence-electron chi connectivity index (χ3n) is 4.63. The Labute approximate surface area is 156 Å². The van der Waals surface area contributed by atoms with Gasteiger partial charge in [-0.2, -0.15) is 4.80 Å². The van der Waals surface area contributed by atoms with E-state index in [2.05, 4.69) is 34.6 Å². The largest absolute Gasteiger partial charge is 0.326 e. The number of anilines is 1. The van der Waals surface area contributed by atoms with Crippen LogP contribution in [0.15, 0.2) is 42.5 Å². The molecular weight excluding hydrogens is 342 g/mol. The molecule has 7 heteroatoms.